The molecule has 0 radical (unpaired) electrons. The second-order valence-electron chi connectivity index (χ2n) is 5.16. The maximum atomic E-state index is 8.87. The molecule has 0 aliphatic carbocycles. The molecule has 2 atom stereocenters. The molecule has 0 amide bonds. The van der Waals surface area contributed by atoms with E-state index >= 15 is 0 Å². The molecule has 0 spiro atoms. The van der Waals surface area contributed by atoms with E-state index in [0.717, 1.165) is 39.0 Å². The van der Waals surface area contributed by atoms with Gasteiger partial charge in [-0.1, -0.05) is 25.4 Å². The van der Waals surface area contributed by atoms with E-state index < -0.39 is 0 Å². The summed E-state index contributed by atoms with van der Waals surface area (Å²) >= 11 is 0. The molecular weight excluding hydrogens is 228 g/mol. The zero-order valence-electron chi connectivity index (χ0n) is 12.0. The monoisotopic (exact) mass is 256 g/mol. The van der Waals surface area contributed by atoms with E-state index in [1.807, 2.05) is 0 Å². The van der Waals surface area contributed by atoms with E-state index in [-0.39, 0.29) is 6.04 Å². The minimum Gasteiger partial charge on any atom is -0.409 e. The number of piperazine rings is 1. The summed E-state index contributed by atoms with van der Waals surface area (Å²) < 4.78 is 0. The SMILES string of the molecule is CCCC(C(N)=NO)N1CCN(C(C)CC)CC1. The van der Waals surface area contributed by atoms with Gasteiger partial charge in [0.15, 0.2) is 5.84 Å². The van der Waals surface area contributed by atoms with Crippen molar-refractivity contribution in [2.75, 3.05) is 26.2 Å². The molecule has 0 aromatic rings. The van der Waals surface area contributed by atoms with Crippen molar-refractivity contribution in [1.29, 1.82) is 0 Å². The number of hydrogen-bond acceptors (Lipinski definition) is 4. The van der Waals surface area contributed by atoms with Gasteiger partial charge in [0.2, 0.25) is 0 Å². The summed E-state index contributed by atoms with van der Waals surface area (Å²) in [6.07, 6.45) is 3.20. The number of amidine groups is 1. The number of hydrogen-bond donors (Lipinski definition) is 2. The van der Waals surface area contributed by atoms with E-state index in [4.69, 9.17) is 10.9 Å². The van der Waals surface area contributed by atoms with Gasteiger partial charge in [-0.3, -0.25) is 9.80 Å². The summed E-state index contributed by atoms with van der Waals surface area (Å²) in [5.74, 6) is 0.355. The van der Waals surface area contributed by atoms with E-state index in [0.29, 0.717) is 11.9 Å². The fourth-order valence-electron chi connectivity index (χ4n) is 2.61. The van der Waals surface area contributed by atoms with Crippen LogP contribution in [0.3, 0.4) is 0 Å². The van der Waals surface area contributed by atoms with Crippen molar-refractivity contribution in [1.82, 2.24) is 9.80 Å². The lowest BCUT2D eigenvalue weighted by Crippen LogP contribution is -2.55. The molecule has 5 nitrogen and oxygen atoms in total. The Bertz CT molecular complexity index is 262. The van der Waals surface area contributed by atoms with Gasteiger partial charge in [-0.05, 0) is 19.8 Å². The smallest absolute Gasteiger partial charge is 0.156 e. The molecule has 106 valence electrons. The van der Waals surface area contributed by atoms with Crippen LogP contribution in [0.4, 0.5) is 0 Å². The molecule has 0 bridgehead atoms. The predicted molar refractivity (Wildman–Crippen MR) is 75.0 cm³/mol. The highest BCUT2D eigenvalue weighted by molar-refractivity contribution is 5.85. The Morgan fingerprint density at radius 2 is 1.78 bits per heavy atom. The highest BCUT2D eigenvalue weighted by Gasteiger charge is 2.27. The summed E-state index contributed by atoms with van der Waals surface area (Å²) in [5, 5.41) is 12.1. The molecule has 0 aromatic carbocycles. The Morgan fingerprint density at radius 1 is 1.22 bits per heavy atom. The van der Waals surface area contributed by atoms with Gasteiger partial charge in [0.25, 0.3) is 0 Å². The maximum Gasteiger partial charge on any atom is 0.156 e. The van der Waals surface area contributed by atoms with Gasteiger partial charge in [0.1, 0.15) is 0 Å². The van der Waals surface area contributed by atoms with Crippen LogP contribution in [0.5, 0.6) is 0 Å². The van der Waals surface area contributed by atoms with Crippen molar-refractivity contribution in [2.24, 2.45) is 10.9 Å². The lowest BCUT2D eigenvalue weighted by molar-refractivity contribution is 0.0857. The minimum absolute atomic E-state index is 0.0964. The summed E-state index contributed by atoms with van der Waals surface area (Å²) in [5.41, 5.74) is 5.80. The molecule has 0 saturated carbocycles. The molecule has 1 heterocycles. The molecule has 1 rings (SSSR count). The van der Waals surface area contributed by atoms with E-state index in [2.05, 4.69) is 35.7 Å². The topological polar surface area (TPSA) is 65.1 Å². The van der Waals surface area contributed by atoms with Crippen molar-refractivity contribution >= 4 is 5.84 Å². The molecule has 1 saturated heterocycles. The molecule has 5 heteroatoms. The lowest BCUT2D eigenvalue weighted by atomic mass is 10.1. The molecule has 3 N–H and O–H groups in total. The first-order valence-corrected chi connectivity index (χ1v) is 7.09. The van der Waals surface area contributed by atoms with Crippen LogP contribution in [0.1, 0.15) is 40.0 Å². The molecule has 1 aliphatic heterocycles. The number of nitrogens with zero attached hydrogens (tertiary/aromatic N) is 3. The standard InChI is InChI=1S/C13H28N4O/c1-4-6-12(13(14)15-18)17-9-7-16(8-10-17)11(3)5-2/h11-12,18H,4-10H2,1-3H3,(H2,14,15). The molecular formula is C13H28N4O. The highest BCUT2D eigenvalue weighted by atomic mass is 16.4. The second kappa shape index (κ2) is 7.59. The van der Waals surface area contributed by atoms with Gasteiger partial charge in [-0.15, -0.1) is 0 Å². The highest BCUT2D eigenvalue weighted by Crippen LogP contribution is 2.14. The van der Waals surface area contributed by atoms with Crippen LogP contribution in [0.2, 0.25) is 0 Å². The lowest BCUT2D eigenvalue weighted by Gasteiger charge is -2.41. The Kier molecular flexibility index (Phi) is 6.43. The fraction of sp³-hybridized carbons (Fsp3) is 0.923. The summed E-state index contributed by atoms with van der Waals surface area (Å²) in [6.45, 7) is 10.8. The molecule has 2 unspecified atom stereocenters. The fourth-order valence-corrected chi connectivity index (χ4v) is 2.61. The first kappa shape index (κ1) is 15.2. The van der Waals surface area contributed by atoms with E-state index in [9.17, 15) is 0 Å². The third-order valence-electron chi connectivity index (χ3n) is 4.02. The van der Waals surface area contributed by atoms with Crippen molar-refractivity contribution < 1.29 is 5.21 Å². The Hall–Kier alpha value is -0.810. The molecule has 18 heavy (non-hydrogen) atoms. The largest absolute Gasteiger partial charge is 0.409 e. The second-order valence-corrected chi connectivity index (χ2v) is 5.16. The van der Waals surface area contributed by atoms with Gasteiger partial charge < -0.3 is 10.9 Å². The average molecular weight is 256 g/mol. The van der Waals surface area contributed by atoms with Crippen molar-refractivity contribution in [3.05, 3.63) is 0 Å². The molecule has 1 fully saturated rings. The van der Waals surface area contributed by atoms with Crippen molar-refractivity contribution in [2.45, 2.75) is 52.1 Å². The van der Waals surface area contributed by atoms with Crippen LogP contribution in [-0.2, 0) is 0 Å². The van der Waals surface area contributed by atoms with Crippen molar-refractivity contribution in [3.63, 3.8) is 0 Å². The molecule has 1 aliphatic rings. The number of oxime groups is 1. The summed E-state index contributed by atoms with van der Waals surface area (Å²) in [6, 6.07) is 0.750. The third kappa shape index (κ3) is 3.85. The van der Waals surface area contributed by atoms with Gasteiger partial charge in [-0.2, -0.15) is 0 Å². The summed E-state index contributed by atoms with van der Waals surface area (Å²) in [4.78, 5) is 4.86. The third-order valence-corrected chi connectivity index (χ3v) is 4.02. The van der Waals surface area contributed by atoms with Crippen molar-refractivity contribution in [3.8, 4) is 0 Å². The first-order chi connectivity index (χ1) is 8.63. The Labute approximate surface area is 111 Å². The Balaban J connectivity index is 2.53. The van der Waals surface area contributed by atoms with Gasteiger partial charge >= 0.3 is 0 Å². The van der Waals surface area contributed by atoms with E-state index in [1.54, 1.807) is 0 Å². The van der Waals surface area contributed by atoms with Gasteiger partial charge in [0, 0.05) is 32.2 Å². The summed E-state index contributed by atoms with van der Waals surface area (Å²) in [7, 11) is 0. The van der Waals surface area contributed by atoms with Gasteiger partial charge in [0.05, 0.1) is 6.04 Å². The average Bonchev–Trinajstić information content (AvgIpc) is 2.43. The van der Waals surface area contributed by atoms with Crippen LogP contribution in [0, 0.1) is 0 Å². The minimum atomic E-state index is 0.0964. The van der Waals surface area contributed by atoms with Gasteiger partial charge in [-0.25, -0.2) is 0 Å². The number of rotatable bonds is 6. The zero-order chi connectivity index (χ0) is 13.5. The van der Waals surface area contributed by atoms with Crippen LogP contribution in [-0.4, -0.2) is 59.1 Å². The maximum absolute atomic E-state index is 8.87. The Morgan fingerprint density at radius 3 is 2.22 bits per heavy atom. The zero-order valence-corrected chi connectivity index (χ0v) is 12.0. The predicted octanol–water partition coefficient (Wildman–Crippen LogP) is 1.32. The van der Waals surface area contributed by atoms with E-state index in [1.165, 1.54) is 6.42 Å². The van der Waals surface area contributed by atoms with Crippen LogP contribution >= 0.6 is 0 Å². The van der Waals surface area contributed by atoms with Crippen LogP contribution < -0.4 is 5.73 Å². The van der Waals surface area contributed by atoms with Crippen LogP contribution in [0.25, 0.3) is 0 Å². The molecule has 0 aromatic heterocycles. The van der Waals surface area contributed by atoms with Crippen LogP contribution in [0.15, 0.2) is 5.16 Å². The first-order valence-electron chi connectivity index (χ1n) is 7.09. The quantitative estimate of drug-likeness (QED) is 0.325. The number of nitrogens with two attached hydrogens (primary N) is 1. The normalized spacial score (nSPS) is 22.9.